The van der Waals surface area contributed by atoms with E-state index in [-0.39, 0.29) is 20.7 Å². The van der Waals surface area contributed by atoms with E-state index in [0.29, 0.717) is 52.9 Å². The number of hydrogen-bond acceptors (Lipinski definition) is 8. The van der Waals surface area contributed by atoms with Crippen molar-refractivity contribution < 1.29 is 36.3 Å². The fourth-order valence-corrected chi connectivity index (χ4v) is 13.3. The smallest absolute Gasteiger partial charge is 0.343 e. The molecule has 1 aliphatic rings. The molecule has 11 heteroatoms. The Morgan fingerprint density at radius 3 is 1.92 bits per heavy atom. The highest BCUT2D eigenvalue weighted by atomic mass is 32.3. The minimum Gasteiger partial charge on any atom is -0.494 e. The number of benzene rings is 4. The number of carbonyl (C=O) groups excluding carboxylic acids is 2. The molecule has 0 amide bonds. The van der Waals surface area contributed by atoms with Gasteiger partial charge in [-0.1, -0.05) is 97.7 Å². The summed E-state index contributed by atoms with van der Waals surface area (Å²) in [7, 11) is -3.93. The van der Waals surface area contributed by atoms with Gasteiger partial charge in [0.1, 0.15) is 23.0 Å². The molecule has 1 aliphatic heterocycles. The van der Waals surface area contributed by atoms with Gasteiger partial charge in [0, 0.05) is 42.8 Å². The van der Waals surface area contributed by atoms with Crippen LogP contribution in [0.25, 0.3) is 16.8 Å². The molecular formula is C52H74O8S3. The van der Waals surface area contributed by atoms with E-state index in [2.05, 4.69) is 101 Å². The highest BCUT2D eigenvalue weighted by Crippen LogP contribution is 2.72. The van der Waals surface area contributed by atoms with Crippen LogP contribution in [0.15, 0.2) is 78.9 Å². The van der Waals surface area contributed by atoms with Gasteiger partial charge >= 0.3 is 11.9 Å². The topological polar surface area (TPSA) is 89.5 Å². The van der Waals surface area contributed by atoms with Gasteiger partial charge in [-0.2, -0.15) is 0 Å². The minimum absolute atomic E-state index is 0.0822. The van der Waals surface area contributed by atoms with E-state index in [9.17, 15) is 9.59 Å². The maximum atomic E-state index is 13.3. The van der Waals surface area contributed by atoms with Gasteiger partial charge in [-0.3, -0.25) is 0 Å². The summed E-state index contributed by atoms with van der Waals surface area (Å²) in [5.74, 6) is 1.66. The third kappa shape index (κ3) is 12.0. The van der Waals surface area contributed by atoms with Crippen LogP contribution in [-0.2, 0) is 13.2 Å². The molecule has 1 atom stereocenters. The lowest BCUT2D eigenvalue weighted by atomic mass is 10.1. The van der Waals surface area contributed by atoms with Crippen LogP contribution in [-0.4, -0.2) is 76.8 Å². The monoisotopic (exact) mass is 922 g/mol. The molecule has 348 valence electrons. The Labute approximate surface area is 383 Å². The first-order valence-electron chi connectivity index (χ1n) is 22.0. The predicted molar refractivity (Wildman–Crippen MR) is 272 cm³/mol. The first-order chi connectivity index (χ1) is 29.2. The second-order valence-electron chi connectivity index (χ2n) is 19.9. The lowest BCUT2D eigenvalue weighted by Gasteiger charge is -2.46. The molecule has 4 aromatic rings. The van der Waals surface area contributed by atoms with E-state index in [4.69, 9.17) is 26.8 Å². The molecule has 1 unspecified atom stereocenters. The summed E-state index contributed by atoms with van der Waals surface area (Å²) in [5, 5.41) is 3.02. The summed E-state index contributed by atoms with van der Waals surface area (Å²) in [6.07, 6.45) is 12.9. The molecule has 0 aliphatic carbocycles. The standard InChI is InChI=1S/C52H74O8S3/c1-35(2)63(36(3)4)38(6)46-32-43(21-24-48(46)60-63)50(54)58-45-23-25-47(37(5)29-45)59-49(53)26-18-39-17-19-42-31-44(22-20-41(42)30-39)55-28-27-40(33-56-61(13,14)51(7,8)9)34-57-62(15,16)52(10,11)12/h17-26,29-32,35-36,38,40H,27-28,33-34H2,1-16H3/b26-18+. The van der Waals surface area contributed by atoms with Gasteiger partial charge < -0.3 is 26.8 Å². The van der Waals surface area contributed by atoms with Crippen molar-refractivity contribution in [1.29, 1.82) is 0 Å². The Kier molecular flexibility index (Phi) is 15.9. The van der Waals surface area contributed by atoms with E-state index < -0.39 is 42.9 Å². The van der Waals surface area contributed by atoms with Gasteiger partial charge in [0.2, 0.25) is 0 Å². The summed E-state index contributed by atoms with van der Waals surface area (Å²) in [6, 6.07) is 22.6. The first-order valence-corrected chi connectivity index (χ1v) is 28.5. The fourth-order valence-electron chi connectivity index (χ4n) is 7.20. The van der Waals surface area contributed by atoms with E-state index in [0.717, 1.165) is 39.8 Å². The Balaban J connectivity index is 1.15. The van der Waals surface area contributed by atoms with Crippen molar-refractivity contribution in [2.45, 2.75) is 115 Å². The molecule has 4 aromatic carbocycles. The van der Waals surface area contributed by atoms with Crippen molar-refractivity contribution >= 4 is 59.7 Å². The van der Waals surface area contributed by atoms with Gasteiger partial charge in [0.15, 0.2) is 0 Å². The molecule has 1 heterocycles. The SMILES string of the molecule is Cc1cc(OC(=O)c2ccc3c(c2)C(C)S(C(C)C)(C(C)C)O3)ccc1OC(=O)/C=C/c1ccc2cc(OCCC(COS(C)(C)C(C)(C)C)COS(C)(C)C(C)(C)C)ccc2c1. The van der Waals surface area contributed by atoms with E-state index in [1.54, 1.807) is 30.3 Å². The van der Waals surface area contributed by atoms with Crippen LogP contribution < -0.4 is 18.4 Å². The Morgan fingerprint density at radius 2 is 1.33 bits per heavy atom. The number of ether oxygens (including phenoxy) is 3. The molecule has 5 rings (SSSR count). The van der Waals surface area contributed by atoms with E-state index >= 15 is 0 Å². The van der Waals surface area contributed by atoms with Crippen LogP contribution in [0.3, 0.4) is 0 Å². The summed E-state index contributed by atoms with van der Waals surface area (Å²) in [4.78, 5) is 26.2. The maximum absolute atomic E-state index is 13.3. The number of rotatable bonds is 17. The normalized spacial score (nSPS) is 16.7. The number of hydrogen-bond donors (Lipinski definition) is 0. The van der Waals surface area contributed by atoms with Crippen molar-refractivity contribution in [2.75, 3.05) is 44.8 Å². The lowest BCUT2D eigenvalue weighted by molar-refractivity contribution is -0.128. The molecule has 63 heavy (non-hydrogen) atoms. The maximum Gasteiger partial charge on any atom is 0.343 e. The fraction of sp³-hybridized carbons (Fsp3) is 0.500. The molecule has 0 saturated heterocycles. The van der Waals surface area contributed by atoms with Crippen molar-refractivity contribution in [1.82, 2.24) is 0 Å². The molecule has 0 spiro atoms. The van der Waals surface area contributed by atoms with Crippen molar-refractivity contribution in [3.05, 3.63) is 101 Å². The summed E-state index contributed by atoms with van der Waals surface area (Å²) in [5.41, 5.74) is 3.05. The third-order valence-electron chi connectivity index (χ3n) is 12.7. The van der Waals surface area contributed by atoms with E-state index in [1.807, 2.05) is 55.5 Å². The Bertz CT molecular complexity index is 2240. The zero-order valence-corrected chi connectivity index (χ0v) is 43.2. The highest BCUT2D eigenvalue weighted by Gasteiger charge is 2.46. The first kappa shape index (κ1) is 50.4. The average molecular weight is 923 g/mol. The van der Waals surface area contributed by atoms with Gasteiger partial charge in [0.25, 0.3) is 0 Å². The molecule has 0 fully saturated rings. The molecular weight excluding hydrogens is 849 g/mol. The second kappa shape index (κ2) is 19.9. The van der Waals surface area contributed by atoms with Crippen LogP contribution >= 0.6 is 30.9 Å². The van der Waals surface area contributed by atoms with Crippen LogP contribution in [0.5, 0.6) is 23.0 Å². The van der Waals surface area contributed by atoms with E-state index in [1.165, 1.54) is 6.08 Å². The lowest BCUT2D eigenvalue weighted by Crippen LogP contribution is -2.30. The van der Waals surface area contributed by atoms with Crippen LogP contribution in [0.4, 0.5) is 0 Å². The molecule has 0 saturated carbocycles. The zero-order chi connectivity index (χ0) is 46.7. The number of fused-ring (bicyclic) bond motifs is 2. The minimum atomic E-state index is -1.41. The largest absolute Gasteiger partial charge is 0.494 e. The Morgan fingerprint density at radius 1 is 0.746 bits per heavy atom. The molecule has 0 aromatic heterocycles. The summed E-state index contributed by atoms with van der Waals surface area (Å²) >= 11 is 0. The van der Waals surface area contributed by atoms with Gasteiger partial charge in [-0.25, -0.2) is 9.59 Å². The van der Waals surface area contributed by atoms with Crippen molar-refractivity contribution in [3.8, 4) is 23.0 Å². The number of aryl methyl sites for hydroxylation is 1. The van der Waals surface area contributed by atoms with Crippen molar-refractivity contribution in [2.24, 2.45) is 5.92 Å². The molecule has 0 radical (unpaired) electrons. The molecule has 0 N–H and O–H groups in total. The van der Waals surface area contributed by atoms with Crippen LogP contribution in [0.1, 0.15) is 115 Å². The summed E-state index contributed by atoms with van der Waals surface area (Å²) in [6.45, 7) is 28.2. The molecule has 0 bridgehead atoms. The quantitative estimate of drug-likeness (QED) is 0.0588. The molecule has 8 nitrogen and oxygen atoms in total. The van der Waals surface area contributed by atoms with Gasteiger partial charge in [-0.15, -0.1) is 20.6 Å². The Hall–Kier alpha value is -3.61. The van der Waals surface area contributed by atoms with Crippen LogP contribution in [0.2, 0.25) is 0 Å². The third-order valence-corrected chi connectivity index (χ3v) is 24.8. The number of carbonyl (C=O) groups is 2. The summed E-state index contributed by atoms with van der Waals surface area (Å²) < 4.78 is 37.8. The van der Waals surface area contributed by atoms with Gasteiger partial charge in [-0.05, 0) is 128 Å². The second-order valence-corrected chi connectivity index (χ2v) is 31.9. The number of esters is 2. The predicted octanol–water partition coefficient (Wildman–Crippen LogP) is 13.9. The van der Waals surface area contributed by atoms with Gasteiger partial charge in [0.05, 0.1) is 25.4 Å². The zero-order valence-electron chi connectivity index (χ0n) is 40.7. The average Bonchev–Trinajstić information content (AvgIpc) is 3.50. The highest BCUT2D eigenvalue weighted by molar-refractivity contribution is 8.31. The van der Waals surface area contributed by atoms with Crippen molar-refractivity contribution in [3.63, 3.8) is 0 Å². The van der Waals surface area contributed by atoms with Crippen LogP contribution in [0, 0.1) is 12.8 Å².